The van der Waals surface area contributed by atoms with Crippen LogP contribution in [0.25, 0.3) is 0 Å². The normalized spacial score (nSPS) is 20.1. The van der Waals surface area contributed by atoms with Crippen LogP contribution in [0.4, 0.5) is 10.5 Å². The third-order valence-electron chi connectivity index (χ3n) is 3.61. The summed E-state index contributed by atoms with van der Waals surface area (Å²) in [4.78, 5) is 36.9. The minimum absolute atomic E-state index is 0.285. The van der Waals surface area contributed by atoms with E-state index in [2.05, 4.69) is 5.32 Å². The number of imide groups is 2. The highest BCUT2D eigenvalue weighted by molar-refractivity contribution is 6.34. The van der Waals surface area contributed by atoms with Crippen molar-refractivity contribution in [3.05, 3.63) is 23.2 Å². The molecule has 104 valence electrons. The van der Waals surface area contributed by atoms with Crippen LogP contribution in [0, 0.1) is 5.41 Å². The van der Waals surface area contributed by atoms with E-state index in [-0.39, 0.29) is 5.02 Å². The summed E-state index contributed by atoms with van der Waals surface area (Å²) in [6, 6.07) is 3.82. The number of nitrogens with zero attached hydrogens (tertiary/aromatic N) is 1. The molecule has 7 heteroatoms. The van der Waals surface area contributed by atoms with E-state index in [0.717, 1.165) is 4.90 Å². The zero-order chi connectivity index (χ0) is 14.5. The Kier molecular flexibility index (Phi) is 2.72. The lowest BCUT2D eigenvalue weighted by Gasteiger charge is -2.30. The fraction of sp³-hybridized carbons (Fsp3) is 0.308. The number of methoxy groups -OCH3 is 1. The van der Waals surface area contributed by atoms with Crippen LogP contribution < -0.4 is 15.0 Å². The van der Waals surface area contributed by atoms with E-state index in [9.17, 15) is 14.4 Å². The molecule has 20 heavy (non-hydrogen) atoms. The van der Waals surface area contributed by atoms with Crippen LogP contribution in [0.5, 0.6) is 5.75 Å². The summed E-state index contributed by atoms with van der Waals surface area (Å²) in [5.74, 6) is -0.562. The van der Waals surface area contributed by atoms with Gasteiger partial charge in [0.2, 0.25) is 5.91 Å². The lowest BCUT2D eigenvalue weighted by molar-refractivity contribution is -0.136. The van der Waals surface area contributed by atoms with Crippen molar-refractivity contribution in [3.63, 3.8) is 0 Å². The monoisotopic (exact) mass is 294 g/mol. The average Bonchev–Trinajstić information content (AvgIpc) is 3.19. The van der Waals surface area contributed by atoms with E-state index in [4.69, 9.17) is 16.3 Å². The quantitative estimate of drug-likeness (QED) is 0.843. The van der Waals surface area contributed by atoms with Gasteiger partial charge in [-0.15, -0.1) is 0 Å². The Bertz CT molecular complexity index is 639. The lowest BCUT2D eigenvalue weighted by Crippen LogP contribution is -2.59. The minimum atomic E-state index is -1.07. The van der Waals surface area contributed by atoms with Crippen molar-refractivity contribution in [1.29, 1.82) is 0 Å². The summed E-state index contributed by atoms with van der Waals surface area (Å²) in [6.45, 7) is 0. The number of benzene rings is 1. The number of halogens is 1. The summed E-state index contributed by atoms with van der Waals surface area (Å²) < 4.78 is 5.02. The summed E-state index contributed by atoms with van der Waals surface area (Å²) >= 11 is 6.00. The van der Waals surface area contributed by atoms with Crippen LogP contribution in [-0.2, 0) is 9.59 Å². The van der Waals surface area contributed by atoms with Crippen LogP contribution >= 0.6 is 11.6 Å². The molecule has 1 aromatic rings. The number of carbonyl (C=O) groups is 3. The molecule has 3 rings (SSSR count). The molecule has 2 aliphatic rings. The van der Waals surface area contributed by atoms with Crippen molar-refractivity contribution in [3.8, 4) is 5.75 Å². The lowest BCUT2D eigenvalue weighted by atomic mass is 10.0. The van der Waals surface area contributed by atoms with Crippen LogP contribution in [0.15, 0.2) is 18.2 Å². The smallest absolute Gasteiger partial charge is 0.335 e. The van der Waals surface area contributed by atoms with Crippen molar-refractivity contribution in [2.75, 3.05) is 12.0 Å². The third-order valence-corrected chi connectivity index (χ3v) is 3.91. The van der Waals surface area contributed by atoms with Gasteiger partial charge in [0.25, 0.3) is 5.91 Å². The molecule has 0 bridgehead atoms. The van der Waals surface area contributed by atoms with Crippen molar-refractivity contribution >= 4 is 35.1 Å². The van der Waals surface area contributed by atoms with Gasteiger partial charge in [0, 0.05) is 0 Å². The van der Waals surface area contributed by atoms with E-state index in [0.29, 0.717) is 24.3 Å². The number of hydrogen-bond acceptors (Lipinski definition) is 4. The third kappa shape index (κ3) is 1.68. The SMILES string of the molecule is COc1ccc(N2C(=O)NC(=O)C3(CC3)C2=O)cc1Cl. The van der Waals surface area contributed by atoms with Crippen molar-refractivity contribution in [2.24, 2.45) is 5.41 Å². The predicted octanol–water partition coefficient (Wildman–Crippen LogP) is 1.71. The summed E-state index contributed by atoms with van der Waals surface area (Å²) in [7, 11) is 1.47. The number of hydrogen-bond donors (Lipinski definition) is 1. The highest BCUT2D eigenvalue weighted by Gasteiger charge is 2.62. The van der Waals surface area contributed by atoms with Gasteiger partial charge in [0.05, 0.1) is 17.8 Å². The van der Waals surface area contributed by atoms with Crippen LogP contribution in [0.1, 0.15) is 12.8 Å². The second-order valence-electron chi connectivity index (χ2n) is 4.80. The van der Waals surface area contributed by atoms with Gasteiger partial charge in [-0.1, -0.05) is 11.6 Å². The van der Waals surface area contributed by atoms with Crippen LogP contribution in [0.3, 0.4) is 0 Å². The fourth-order valence-electron chi connectivity index (χ4n) is 2.27. The molecule has 0 unspecified atom stereocenters. The topological polar surface area (TPSA) is 75.7 Å². The molecule has 6 nitrogen and oxygen atoms in total. The summed E-state index contributed by atoms with van der Waals surface area (Å²) in [6.07, 6.45) is 0.927. The molecular weight excluding hydrogens is 284 g/mol. The van der Waals surface area contributed by atoms with Crippen LogP contribution in [0.2, 0.25) is 5.02 Å². The first-order valence-electron chi connectivity index (χ1n) is 6.03. The number of amides is 4. The molecule has 1 aliphatic heterocycles. The number of rotatable bonds is 2. The van der Waals surface area contributed by atoms with Crippen molar-refractivity contribution in [2.45, 2.75) is 12.8 Å². The molecule has 1 spiro atoms. The standard InChI is InChI=1S/C13H11ClN2O4/c1-20-9-3-2-7(6-8(9)14)16-11(18)13(4-5-13)10(17)15-12(16)19/h2-3,6H,4-5H2,1H3,(H,15,17,19). The Hall–Kier alpha value is -2.08. The molecule has 1 heterocycles. The maximum atomic E-state index is 12.4. The second kappa shape index (κ2) is 4.21. The average molecular weight is 295 g/mol. The molecular formula is C13H11ClN2O4. The van der Waals surface area contributed by atoms with Gasteiger partial charge in [0.15, 0.2) is 0 Å². The molecule has 0 aromatic heterocycles. The first-order chi connectivity index (χ1) is 9.49. The number of nitrogens with one attached hydrogen (secondary N) is 1. The van der Waals surface area contributed by atoms with Gasteiger partial charge < -0.3 is 4.74 Å². The molecule has 1 aliphatic carbocycles. The molecule has 1 aromatic carbocycles. The van der Waals surface area contributed by atoms with E-state index in [1.807, 2.05) is 0 Å². The molecule has 1 saturated heterocycles. The number of ether oxygens (including phenoxy) is 1. The maximum absolute atomic E-state index is 12.4. The molecule has 1 saturated carbocycles. The van der Waals surface area contributed by atoms with Gasteiger partial charge >= 0.3 is 6.03 Å². The Morgan fingerprint density at radius 1 is 1.30 bits per heavy atom. The van der Waals surface area contributed by atoms with E-state index in [1.165, 1.54) is 13.2 Å². The maximum Gasteiger partial charge on any atom is 0.335 e. The highest BCUT2D eigenvalue weighted by atomic mass is 35.5. The first-order valence-corrected chi connectivity index (χ1v) is 6.41. The number of carbonyl (C=O) groups excluding carboxylic acids is 3. The molecule has 1 N–H and O–H groups in total. The van der Waals surface area contributed by atoms with Crippen LogP contribution in [-0.4, -0.2) is 25.0 Å². The number of barbiturate groups is 1. The Balaban J connectivity index is 2.00. The molecule has 0 radical (unpaired) electrons. The second-order valence-corrected chi connectivity index (χ2v) is 5.21. The molecule has 4 amide bonds. The highest BCUT2D eigenvalue weighted by Crippen LogP contribution is 2.49. The minimum Gasteiger partial charge on any atom is -0.495 e. The first kappa shape index (κ1) is 12.9. The number of urea groups is 1. The molecule has 2 fully saturated rings. The fourth-order valence-corrected chi connectivity index (χ4v) is 2.52. The molecule has 0 atom stereocenters. The van der Waals surface area contributed by atoms with Gasteiger partial charge in [-0.25, -0.2) is 9.69 Å². The Morgan fingerprint density at radius 2 is 2.00 bits per heavy atom. The summed E-state index contributed by atoms with van der Waals surface area (Å²) in [5, 5.41) is 2.50. The van der Waals surface area contributed by atoms with Gasteiger partial charge in [0.1, 0.15) is 11.2 Å². The van der Waals surface area contributed by atoms with E-state index < -0.39 is 23.3 Å². The van der Waals surface area contributed by atoms with Gasteiger partial charge in [-0.2, -0.15) is 0 Å². The van der Waals surface area contributed by atoms with E-state index >= 15 is 0 Å². The van der Waals surface area contributed by atoms with E-state index in [1.54, 1.807) is 12.1 Å². The van der Waals surface area contributed by atoms with Gasteiger partial charge in [-0.05, 0) is 31.0 Å². The Labute approximate surface area is 119 Å². The van der Waals surface area contributed by atoms with Gasteiger partial charge in [-0.3, -0.25) is 14.9 Å². The zero-order valence-corrected chi connectivity index (χ0v) is 11.4. The predicted molar refractivity (Wildman–Crippen MR) is 70.7 cm³/mol. The zero-order valence-electron chi connectivity index (χ0n) is 10.6. The largest absolute Gasteiger partial charge is 0.495 e. The van der Waals surface area contributed by atoms with Crippen molar-refractivity contribution < 1.29 is 19.1 Å². The Morgan fingerprint density at radius 3 is 2.55 bits per heavy atom. The van der Waals surface area contributed by atoms with Crippen molar-refractivity contribution in [1.82, 2.24) is 5.32 Å². The number of anilines is 1. The summed E-state index contributed by atoms with van der Waals surface area (Å²) in [5.41, 5.74) is -0.752.